The molecule has 0 aliphatic carbocycles. The van der Waals surface area contributed by atoms with Crippen molar-refractivity contribution in [3.8, 4) is 0 Å². The summed E-state index contributed by atoms with van der Waals surface area (Å²) in [5.74, 6) is 0.296. The molecule has 1 N–H and O–H groups in total. The fourth-order valence-corrected chi connectivity index (χ4v) is 3.64. The van der Waals surface area contributed by atoms with Crippen LogP contribution in [0, 0.1) is 5.41 Å². The van der Waals surface area contributed by atoms with E-state index in [0.717, 1.165) is 45.4 Å². The van der Waals surface area contributed by atoms with Crippen LogP contribution in [-0.2, 0) is 4.79 Å². The summed E-state index contributed by atoms with van der Waals surface area (Å²) in [5.41, 5.74) is 0.0771. The Labute approximate surface area is 123 Å². The van der Waals surface area contributed by atoms with Crippen molar-refractivity contribution in [1.82, 2.24) is 15.1 Å². The predicted molar refractivity (Wildman–Crippen MR) is 82.7 cm³/mol. The molecule has 2 heterocycles. The predicted octanol–water partition coefficient (Wildman–Crippen LogP) is 1.71. The Morgan fingerprint density at radius 3 is 2.55 bits per heavy atom. The molecule has 2 fully saturated rings. The second kappa shape index (κ2) is 6.44. The van der Waals surface area contributed by atoms with Gasteiger partial charge in [-0.05, 0) is 44.2 Å². The summed E-state index contributed by atoms with van der Waals surface area (Å²) in [6, 6.07) is 0.412. The summed E-state index contributed by atoms with van der Waals surface area (Å²) in [6.07, 6.45) is 4.54. The summed E-state index contributed by atoms with van der Waals surface area (Å²) in [5, 5.41) is 3.45. The average Bonchev–Trinajstić information content (AvgIpc) is 2.45. The van der Waals surface area contributed by atoms with Crippen LogP contribution in [0.3, 0.4) is 0 Å². The minimum atomic E-state index is -0.00884. The first-order valence-electron chi connectivity index (χ1n) is 8.18. The highest BCUT2D eigenvalue weighted by molar-refractivity contribution is 5.83. The smallest absolute Gasteiger partial charge is 0.240 e. The number of amides is 1. The van der Waals surface area contributed by atoms with E-state index in [1.807, 2.05) is 11.9 Å². The molecule has 2 aliphatic heterocycles. The SMILES string of the molecule is CCN1CCC(N(C)C(=O)C2NCCCC2(C)C)CC1. The third-order valence-corrected chi connectivity index (χ3v) is 5.27. The van der Waals surface area contributed by atoms with Crippen molar-refractivity contribution >= 4 is 5.91 Å². The maximum Gasteiger partial charge on any atom is 0.240 e. The van der Waals surface area contributed by atoms with E-state index in [9.17, 15) is 4.79 Å². The van der Waals surface area contributed by atoms with Crippen molar-refractivity contribution in [2.24, 2.45) is 5.41 Å². The fourth-order valence-electron chi connectivity index (χ4n) is 3.64. The Hall–Kier alpha value is -0.610. The van der Waals surface area contributed by atoms with Gasteiger partial charge in [0.25, 0.3) is 0 Å². The second-order valence-electron chi connectivity index (χ2n) is 7.09. The van der Waals surface area contributed by atoms with Crippen LogP contribution >= 0.6 is 0 Å². The van der Waals surface area contributed by atoms with E-state index in [1.165, 1.54) is 6.42 Å². The van der Waals surface area contributed by atoms with Gasteiger partial charge in [-0.25, -0.2) is 0 Å². The van der Waals surface area contributed by atoms with Gasteiger partial charge in [0.1, 0.15) is 0 Å². The number of nitrogens with one attached hydrogen (secondary N) is 1. The number of hydrogen-bond donors (Lipinski definition) is 1. The van der Waals surface area contributed by atoms with Gasteiger partial charge in [-0.1, -0.05) is 20.8 Å². The van der Waals surface area contributed by atoms with E-state index in [-0.39, 0.29) is 11.5 Å². The van der Waals surface area contributed by atoms with Gasteiger partial charge in [-0.2, -0.15) is 0 Å². The van der Waals surface area contributed by atoms with E-state index in [1.54, 1.807) is 0 Å². The number of piperidine rings is 2. The van der Waals surface area contributed by atoms with Gasteiger partial charge in [0.05, 0.1) is 6.04 Å². The lowest BCUT2D eigenvalue weighted by Crippen LogP contribution is -2.58. The van der Waals surface area contributed by atoms with Crippen LogP contribution < -0.4 is 5.32 Å². The van der Waals surface area contributed by atoms with Crippen LogP contribution in [0.2, 0.25) is 0 Å². The first kappa shape index (κ1) is 15.8. The molecule has 1 atom stereocenters. The maximum absolute atomic E-state index is 12.8. The lowest BCUT2D eigenvalue weighted by molar-refractivity contribution is -0.139. The third-order valence-electron chi connectivity index (χ3n) is 5.27. The maximum atomic E-state index is 12.8. The topological polar surface area (TPSA) is 35.6 Å². The van der Waals surface area contributed by atoms with Crippen LogP contribution in [0.5, 0.6) is 0 Å². The number of rotatable bonds is 3. The summed E-state index contributed by atoms with van der Waals surface area (Å²) >= 11 is 0. The van der Waals surface area contributed by atoms with Crippen LogP contribution in [0.4, 0.5) is 0 Å². The average molecular weight is 281 g/mol. The number of hydrogen-bond acceptors (Lipinski definition) is 3. The van der Waals surface area contributed by atoms with Crippen molar-refractivity contribution in [3.05, 3.63) is 0 Å². The molecule has 1 amide bonds. The normalized spacial score (nSPS) is 28.3. The van der Waals surface area contributed by atoms with Crippen molar-refractivity contribution < 1.29 is 4.79 Å². The fraction of sp³-hybridized carbons (Fsp3) is 0.938. The molecule has 0 aromatic heterocycles. The Bertz CT molecular complexity index is 335. The van der Waals surface area contributed by atoms with E-state index >= 15 is 0 Å². The van der Waals surface area contributed by atoms with Gasteiger partial charge in [-0.15, -0.1) is 0 Å². The number of likely N-dealkylation sites (tertiary alicyclic amines) is 1. The van der Waals surface area contributed by atoms with Gasteiger partial charge in [0.2, 0.25) is 5.91 Å². The van der Waals surface area contributed by atoms with E-state index in [4.69, 9.17) is 0 Å². The van der Waals surface area contributed by atoms with Crippen LogP contribution in [0.1, 0.15) is 46.5 Å². The minimum Gasteiger partial charge on any atom is -0.341 e. The first-order valence-corrected chi connectivity index (χ1v) is 8.18. The highest BCUT2D eigenvalue weighted by atomic mass is 16.2. The van der Waals surface area contributed by atoms with Gasteiger partial charge in [0, 0.05) is 26.2 Å². The van der Waals surface area contributed by atoms with Crippen molar-refractivity contribution in [3.63, 3.8) is 0 Å². The summed E-state index contributed by atoms with van der Waals surface area (Å²) < 4.78 is 0. The Morgan fingerprint density at radius 2 is 2.00 bits per heavy atom. The number of nitrogens with zero attached hydrogens (tertiary/aromatic N) is 2. The minimum absolute atomic E-state index is 0.00884. The molecule has 20 heavy (non-hydrogen) atoms. The molecule has 0 bridgehead atoms. The van der Waals surface area contributed by atoms with Gasteiger partial charge in [-0.3, -0.25) is 4.79 Å². The monoisotopic (exact) mass is 281 g/mol. The standard InChI is InChI=1S/C16H31N3O/c1-5-19-11-7-13(8-12-19)18(4)15(20)14-16(2,3)9-6-10-17-14/h13-14,17H,5-12H2,1-4H3. The molecule has 0 saturated carbocycles. The third kappa shape index (κ3) is 3.34. The molecule has 2 aliphatic rings. The van der Waals surface area contributed by atoms with Crippen LogP contribution in [0.25, 0.3) is 0 Å². The van der Waals surface area contributed by atoms with Gasteiger partial charge >= 0.3 is 0 Å². The van der Waals surface area contributed by atoms with E-state index in [0.29, 0.717) is 11.9 Å². The lowest BCUT2D eigenvalue weighted by atomic mass is 9.77. The summed E-state index contributed by atoms with van der Waals surface area (Å²) in [4.78, 5) is 17.3. The molecule has 0 spiro atoms. The molecule has 2 rings (SSSR count). The Kier molecular flexibility index (Phi) is 5.08. The molecule has 116 valence electrons. The largest absolute Gasteiger partial charge is 0.341 e. The number of likely N-dealkylation sites (N-methyl/N-ethyl adjacent to an activating group) is 1. The molecule has 4 nitrogen and oxygen atoms in total. The Balaban J connectivity index is 1.95. The van der Waals surface area contributed by atoms with Crippen LogP contribution in [-0.4, -0.2) is 61.0 Å². The highest BCUT2D eigenvalue weighted by Crippen LogP contribution is 2.31. The number of carbonyl (C=O) groups excluding carboxylic acids is 1. The second-order valence-corrected chi connectivity index (χ2v) is 7.09. The molecule has 0 radical (unpaired) electrons. The zero-order chi connectivity index (χ0) is 14.8. The Morgan fingerprint density at radius 1 is 1.35 bits per heavy atom. The van der Waals surface area contributed by atoms with E-state index in [2.05, 4.69) is 31.0 Å². The van der Waals surface area contributed by atoms with E-state index < -0.39 is 0 Å². The van der Waals surface area contributed by atoms with Crippen LogP contribution in [0.15, 0.2) is 0 Å². The van der Waals surface area contributed by atoms with Gasteiger partial charge in [0.15, 0.2) is 0 Å². The molecular formula is C16H31N3O. The number of carbonyl (C=O) groups is 1. The van der Waals surface area contributed by atoms with Crippen molar-refractivity contribution in [2.45, 2.75) is 58.5 Å². The molecular weight excluding hydrogens is 250 g/mol. The first-order chi connectivity index (χ1) is 9.45. The molecule has 4 heteroatoms. The summed E-state index contributed by atoms with van der Waals surface area (Å²) in [6.45, 7) is 11.0. The van der Waals surface area contributed by atoms with Crippen molar-refractivity contribution in [1.29, 1.82) is 0 Å². The highest BCUT2D eigenvalue weighted by Gasteiger charge is 2.40. The quantitative estimate of drug-likeness (QED) is 0.855. The molecule has 0 aromatic rings. The molecule has 0 aromatic carbocycles. The van der Waals surface area contributed by atoms with Gasteiger partial charge < -0.3 is 15.1 Å². The zero-order valence-corrected chi connectivity index (χ0v) is 13.6. The van der Waals surface area contributed by atoms with Crippen molar-refractivity contribution in [2.75, 3.05) is 33.2 Å². The molecule has 2 saturated heterocycles. The summed E-state index contributed by atoms with van der Waals surface area (Å²) in [7, 11) is 2.00. The zero-order valence-electron chi connectivity index (χ0n) is 13.6. The lowest BCUT2D eigenvalue weighted by Gasteiger charge is -2.43. The molecule has 1 unspecified atom stereocenters.